The number of carbonyl (C=O) groups is 1. The lowest BCUT2D eigenvalue weighted by atomic mass is 10.1. The van der Waals surface area contributed by atoms with Crippen molar-refractivity contribution in [2.45, 2.75) is 6.92 Å². The number of carbonyl (C=O) groups excluding carboxylic acids is 1. The van der Waals surface area contributed by atoms with E-state index in [0.717, 1.165) is 0 Å². The number of hydrogen-bond acceptors (Lipinski definition) is 4. The van der Waals surface area contributed by atoms with Crippen LogP contribution in [-0.2, 0) is 0 Å². The first kappa shape index (κ1) is 11.4. The van der Waals surface area contributed by atoms with Gasteiger partial charge in [-0.05, 0) is 18.1 Å². The summed E-state index contributed by atoms with van der Waals surface area (Å²) in [5, 5.41) is 4.17. The number of ether oxygens (including phenoxy) is 1. The predicted octanol–water partition coefficient (Wildman–Crippen LogP) is 0.535. The molecule has 1 unspecified atom stereocenters. The number of primary amides is 1. The molecule has 2 rings (SSSR count). The third-order valence-corrected chi connectivity index (χ3v) is 2.90. The van der Waals surface area contributed by atoms with E-state index in [1.54, 1.807) is 12.1 Å². The molecule has 2 amide bonds. The Balaban J connectivity index is 2.73. The third-order valence-electron chi connectivity index (χ3n) is 2.90. The second kappa shape index (κ2) is 3.74. The quantitative estimate of drug-likeness (QED) is 0.731. The number of fused-ring (bicyclic) bond motifs is 1. The molecular formula is C11H14N4O2+. The molecule has 1 heterocycles. The van der Waals surface area contributed by atoms with Gasteiger partial charge in [-0.3, -0.25) is 0 Å². The van der Waals surface area contributed by atoms with E-state index in [-0.39, 0.29) is 10.4 Å². The predicted molar refractivity (Wildman–Crippen MR) is 64.5 cm³/mol. The van der Waals surface area contributed by atoms with Crippen molar-refractivity contribution >= 4 is 17.6 Å². The van der Waals surface area contributed by atoms with Crippen molar-refractivity contribution in [3.05, 3.63) is 23.8 Å². The molecule has 0 fully saturated rings. The van der Waals surface area contributed by atoms with E-state index in [4.69, 9.17) is 16.2 Å². The summed E-state index contributed by atoms with van der Waals surface area (Å²) >= 11 is 0. The lowest BCUT2D eigenvalue weighted by Crippen LogP contribution is -2.51. The molecule has 1 aliphatic heterocycles. The Hall–Kier alpha value is -2.08. The van der Waals surface area contributed by atoms with Crippen molar-refractivity contribution in [1.29, 1.82) is 0 Å². The second-order valence-corrected chi connectivity index (χ2v) is 3.68. The SMILES string of the molecule is CC[N+]1(C(N)=O)N=C(N)c2c(OC)[c]ccc21. The van der Waals surface area contributed by atoms with Gasteiger partial charge in [0.2, 0.25) is 0 Å². The number of hydrogen-bond donors (Lipinski definition) is 2. The van der Waals surface area contributed by atoms with E-state index in [9.17, 15) is 4.79 Å². The second-order valence-electron chi connectivity index (χ2n) is 3.68. The summed E-state index contributed by atoms with van der Waals surface area (Å²) in [6, 6.07) is 5.73. The lowest BCUT2D eigenvalue weighted by molar-refractivity contribution is 0.214. The Labute approximate surface area is 99.0 Å². The van der Waals surface area contributed by atoms with E-state index < -0.39 is 6.03 Å². The van der Waals surface area contributed by atoms with Gasteiger partial charge in [-0.2, -0.15) is 0 Å². The van der Waals surface area contributed by atoms with Crippen LogP contribution >= 0.6 is 0 Å². The number of amides is 2. The molecule has 89 valence electrons. The van der Waals surface area contributed by atoms with Crippen molar-refractivity contribution in [1.82, 2.24) is 4.59 Å². The largest absolute Gasteiger partial charge is 0.495 e. The number of urea groups is 1. The number of quaternary nitrogens is 1. The van der Waals surface area contributed by atoms with E-state index in [1.807, 2.05) is 6.92 Å². The molecule has 1 aromatic rings. The van der Waals surface area contributed by atoms with Crippen LogP contribution in [0.25, 0.3) is 0 Å². The molecule has 0 aromatic heterocycles. The van der Waals surface area contributed by atoms with Crippen LogP contribution < -0.4 is 20.8 Å². The maximum absolute atomic E-state index is 11.6. The summed E-state index contributed by atoms with van der Waals surface area (Å²) in [5.74, 6) is 0.716. The minimum absolute atomic E-state index is 0.245. The molecule has 1 radical (unpaired) electrons. The summed E-state index contributed by atoms with van der Waals surface area (Å²) in [5.41, 5.74) is 12.5. The van der Waals surface area contributed by atoms with Gasteiger partial charge in [-0.25, -0.2) is 4.79 Å². The Morgan fingerprint density at radius 3 is 2.88 bits per heavy atom. The molecule has 1 atom stereocenters. The topological polar surface area (TPSA) is 90.7 Å². The number of amidine groups is 1. The Morgan fingerprint density at radius 2 is 2.35 bits per heavy atom. The van der Waals surface area contributed by atoms with Gasteiger partial charge >= 0.3 is 6.03 Å². The first-order valence-electron chi connectivity index (χ1n) is 5.20. The van der Waals surface area contributed by atoms with Crippen LogP contribution in [0.2, 0.25) is 0 Å². The number of nitrogens with zero attached hydrogens (tertiary/aromatic N) is 2. The zero-order valence-corrected chi connectivity index (χ0v) is 9.73. The average Bonchev–Trinajstić information content (AvgIpc) is 2.63. The van der Waals surface area contributed by atoms with Gasteiger partial charge < -0.3 is 16.2 Å². The van der Waals surface area contributed by atoms with Gasteiger partial charge in [0.15, 0.2) is 11.5 Å². The molecule has 0 saturated carbocycles. The maximum Gasteiger partial charge on any atom is 0.445 e. The number of rotatable bonds is 2. The number of benzene rings is 1. The summed E-state index contributed by atoms with van der Waals surface area (Å²) in [7, 11) is 1.52. The van der Waals surface area contributed by atoms with Crippen LogP contribution in [0.15, 0.2) is 17.2 Å². The van der Waals surface area contributed by atoms with Crippen molar-refractivity contribution in [2.75, 3.05) is 13.7 Å². The third kappa shape index (κ3) is 1.38. The van der Waals surface area contributed by atoms with E-state index in [1.165, 1.54) is 7.11 Å². The van der Waals surface area contributed by atoms with Crippen molar-refractivity contribution in [3.8, 4) is 5.75 Å². The van der Waals surface area contributed by atoms with Gasteiger partial charge in [0.05, 0.1) is 7.11 Å². The van der Waals surface area contributed by atoms with Gasteiger partial charge in [-0.15, -0.1) is 0 Å². The van der Waals surface area contributed by atoms with Crippen LogP contribution in [0.3, 0.4) is 0 Å². The van der Waals surface area contributed by atoms with E-state index >= 15 is 0 Å². The molecule has 1 aromatic carbocycles. The molecule has 6 heteroatoms. The first-order chi connectivity index (χ1) is 8.06. The Bertz CT molecular complexity index is 512. The van der Waals surface area contributed by atoms with Gasteiger partial charge in [0, 0.05) is 12.1 Å². The van der Waals surface area contributed by atoms with Crippen LogP contribution in [0.1, 0.15) is 12.5 Å². The maximum atomic E-state index is 11.6. The average molecular weight is 234 g/mol. The standard InChI is InChI=1S/C11H13N4O2/c1-3-15(11(13)16)7-5-4-6-8(17-2)9(7)10(12)14-15/h4-5H,3H2,1-2H3,(H3-,12,13,14,16)/p+1. The Kier molecular flexibility index (Phi) is 2.51. The highest BCUT2D eigenvalue weighted by Gasteiger charge is 2.46. The van der Waals surface area contributed by atoms with Crippen molar-refractivity contribution in [2.24, 2.45) is 16.6 Å². The summed E-state index contributed by atoms with van der Waals surface area (Å²) in [6.07, 6.45) is 0. The normalized spacial score (nSPS) is 21.9. The molecule has 0 spiro atoms. The fourth-order valence-electron chi connectivity index (χ4n) is 2.04. The first-order valence-corrected chi connectivity index (χ1v) is 5.20. The molecule has 0 aliphatic carbocycles. The smallest absolute Gasteiger partial charge is 0.445 e. The molecule has 17 heavy (non-hydrogen) atoms. The van der Waals surface area contributed by atoms with Crippen molar-refractivity contribution < 1.29 is 9.53 Å². The fourth-order valence-corrected chi connectivity index (χ4v) is 2.04. The zero-order valence-electron chi connectivity index (χ0n) is 9.73. The van der Waals surface area contributed by atoms with Crippen LogP contribution in [0.5, 0.6) is 5.75 Å². The minimum atomic E-state index is -0.567. The van der Waals surface area contributed by atoms with Crippen molar-refractivity contribution in [3.63, 3.8) is 0 Å². The highest BCUT2D eigenvalue weighted by atomic mass is 16.5. The number of nitrogens with two attached hydrogens (primary N) is 2. The highest BCUT2D eigenvalue weighted by molar-refractivity contribution is 6.11. The Morgan fingerprint density at radius 1 is 1.65 bits per heavy atom. The van der Waals surface area contributed by atoms with Gasteiger partial charge in [0.25, 0.3) is 0 Å². The van der Waals surface area contributed by atoms with E-state index in [0.29, 0.717) is 23.5 Å². The number of methoxy groups -OCH3 is 1. The van der Waals surface area contributed by atoms with Crippen LogP contribution in [0, 0.1) is 6.07 Å². The fraction of sp³-hybridized carbons (Fsp3) is 0.273. The summed E-state index contributed by atoms with van der Waals surface area (Å²) in [4.78, 5) is 11.6. The zero-order chi connectivity index (χ0) is 12.6. The molecule has 4 N–H and O–H groups in total. The molecule has 6 nitrogen and oxygen atoms in total. The summed E-state index contributed by atoms with van der Waals surface area (Å²) < 4.78 is 4.84. The monoisotopic (exact) mass is 234 g/mol. The minimum Gasteiger partial charge on any atom is -0.495 e. The molecule has 0 bridgehead atoms. The highest BCUT2D eigenvalue weighted by Crippen LogP contribution is 2.38. The molecular weight excluding hydrogens is 220 g/mol. The molecule has 0 saturated heterocycles. The molecule has 1 aliphatic rings. The van der Waals surface area contributed by atoms with Gasteiger partial charge in [-0.1, -0.05) is 4.59 Å². The lowest BCUT2D eigenvalue weighted by Gasteiger charge is -2.22. The van der Waals surface area contributed by atoms with Crippen LogP contribution in [-0.4, -0.2) is 25.5 Å². The summed E-state index contributed by atoms with van der Waals surface area (Å²) in [6.45, 7) is 2.22. The van der Waals surface area contributed by atoms with E-state index in [2.05, 4.69) is 11.2 Å². The van der Waals surface area contributed by atoms with Crippen LogP contribution in [0.4, 0.5) is 10.5 Å². The van der Waals surface area contributed by atoms with Gasteiger partial charge in [0.1, 0.15) is 17.9 Å².